The SMILES string of the molecule is O=C(O)c1ccc(Oc2ccccc2C(F)(F)F)c(C(=O)O)c1. The van der Waals surface area contributed by atoms with E-state index in [0.717, 1.165) is 30.3 Å². The van der Waals surface area contributed by atoms with Crippen molar-refractivity contribution in [3.63, 3.8) is 0 Å². The van der Waals surface area contributed by atoms with E-state index in [0.29, 0.717) is 0 Å². The molecule has 0 radical (unpaired) electrons. The van der Waals surface area contributed by atoms with Crippen molar-refractivity contribution in [3.05, 3.63) is 59.2 Å². The first-order chi connectivity index (χ1) is 10.7. The topological polar surface area (TPSA) is 83.8 Å². The molecule has 0 unspecified atom stereocenters. The first-order valence-corrected chi connectivity index (χ1v) is 6.15. The highest BCUT2D eigenvalue weighted by atomic mass is 19.4. The number of carboxylic acids is 2. The number of carboxylic acid groups (broad SMARTS) is 2. The summed E-state index contributed by atoms with van der Waals surface area (Å²) in [5.74, 6) is -3.85. The first kappa shape index (κ1) is 16.3. The van der Waals surface area contributed by atoms with Crippen LogP contribution < -0.4 is 4.74 Å². The summed E-state index contributed by atoms with van der Waals surface area (Å²) in [7, 11) is 0. The molecule has 2 N–H and O–H groups in total. The van der Waals surface area contributed by atoms with Crippen LogP contribution in [0.4, 0.5) is 13.2 Å². The maximum Gasteiger partial charge on any atom is 0.419 e. The van der Waals surface area contributed by atoms with Crippen LogP contribution in [0, 0.1) is 0 Å². The highest BCUT2D eigenvalue weighted by molar-refractivity contribution is 5.96. The van der Waals surface area contributed by atoms with Gasteiger partial charge in [-0.1, -0.05) is 12.1 Å². The van der Waals surface area contributed by atoms with E-state index in [1.807, 2.05) is 0 Å². The van der Waals surface area contributed by atoms with Gasteiger partial charge < -0.3 is 14.9 Å². The van der Waals surface area contributed by atoms with E-state index in [1.165, 1.54) is 12.1 Å². The summed E-state index contributed by atoms with van der Waals surface area (Å²) < 4.78 is 43.8. The van der Waals surface area contributed by atoms with Gasteiger partial charge in [-0.15, -0.1) is 0 Å². The van der Waals surface area contributed by atoms with Gasteiger partial charge in [0, 0.05) is 0 Å². The molecule has 0 aliphatic rings. The zero-order chi connectivity index (χ0) is 17.2. The second-order valence-electron chi connectivity index (χ2n) is 4.42. The number of ether oxygens (including phenoxy) is 1. The summed E-state index contributed by atoms with van der Waals surface area (Å²) in [6.45, 7) is 0. The van der Waals surface area contributed by atoms with Gasteiger partial charge in [0.05, 0.1) is 11.1 Å². The fourth-order valence-corrected chi connectivity index (χ4v) is 1.83. The summed E-state index contributed by atoms with van der Waals surface area (Å²) >= 11 is 0. The van der Waals surface area contributed by atoms with Crippen molar-refractivity contribution in [1.82, 2.24) is 0 Å². The second kappa shape index (κ2) is 5.99. The Morgan fingerprint density at radius 1 is 0.913 bits per heavy atom. The third-order valence-electron chi connectivity index (χ3n) is 2.87. The van der Waals surface area contributed by atoms with Gasteiger partial charge in [0.25, 0.3) is 0 Å². The van der Waals surface area contributed by atoms with Crippen molar-refractivity contribution < 1.29 is 37.7 Å². The molecule has 2 aromatic carbocycles. The predicted octanol–water partition coefficient (Wildman–Crippen LogP) is 3.89. The Labute approximate surface area is 127 Å². The van der Waals surface area contributed by atoms with Crippen LogP contribution in [-0.2, 0) is 6.18 Å². The Kier molecular flexibility index (Phi) is 4.26. The molecule has 0 fully saturated rings. The number of hydrogen-bond donors (Lipinski definition) is 2. The lowest BCUT2D eigenvalue weighted by atomic mass is 10.1. The molecule has 5 nitrogen and oxygen atoms in total. The fourth-order valence-electron chi connectivity index (χ4n) is 1.83. The number of rotatable bonds is 4. The number of carbonyl (C=O) groups is 2. The van der Waals surface area contributed by atoms with E-state index in [4.69, 9.17) is 14.9 Å². The van der Waals surface area contributed by atoms with Crippen molar-refractivity contribution in [2.24, 2.45) is 0 Å². The summed E-state index contributed by atoms with van der Waals surface area (Å²) in [6, 6.07) is 7.16. The molecule has 23 heavy (non-hydrogen) atoms. The van der Waals surface area contributed by atoms with Gasteiger partial charge in [-0.05, 0) is 30.3 Å². The molecule has 120 valence electrons. The zero-order valence-electron chi connectivity index (χ0n) is 11.3. The van der Waals surface area contributed by atoms with Crippen LogP contribution in [0.25, 0.3) is 0 Å². The number of aromatic carboxylic acids is 2. The molecule has 0 atom stereocenters. The molecular weight excluding hydrogens is 317 g/mol. The molecule has 0 spiro atoms. The zero-order valence-corrected chi connectivity index (χ0v) is 11.3. The first-order valence-electron chi connectivity index (χ1n) is 6.15. The van der Waals surface area contributed by atoms with Crippen LogP contribution in [-0.4, -0.2) is 22.2 Å². The molecule has 0 amide bonds. The van der Waals surface area contributed by atoms with Gasteiger partial charge in [0.1, 0.15) is 17.1 Å². The molecule has 0 aliphatic heterocycles. The van der Waals surface area contributed by atoms with Crippen molar-refractivity contribution >= 4 is 11.9 Å². The van der Waals surface area contributed by atoms with Crippen LogP contribution in [0.15, 0.2) is 42.5 Å². The third-order valence-corrected chi connectivity index (χ3v) is 2.87. The van der Waals surface area contributed by atoms with E-state index in [1.54, 1.807) is 0 Å². The Hall–Kier alpha value is -3.03. The van der Waals surface area contributed by atoms with Gasteiger partial charge in [-0.3, -0.25) is 0 Å². The molecule has 8 heteroatoms. The van der Waals surface area contributed by atoms with Gasteiger partial charge in [-0.2, -0.15) is 13.2 Å². The Morgan fingerprint density at radius 3 is 2.13 bits per heavy atom. The van der Waals surface area contributed by atoms with Crippen molar-refractivity contribution in [2.75, 3.05) is 0 Å². The summed E-state index contributed by atoms with van der Waals surface area (Å²) in [5.41, 5.74) is -1.95. The fraction of sp³-hybridized carbons (Fsp3) is 0.0667. The molecule has 2 aromatic rings. The minimum atomic E-state index is -4.68. The largest absolute Gasteiger partial charge is 0.478 e. The van der Waals surface area contributed by atoms with Crippen LogP contribution in [0.3, 0.4) is 0 Å². The van der Waals surface area contributed by atoms with E-state index in [-0.39, 0.29) is 11.3 Å². The summed E-state index contributed by atoms with van der Waals surface area (Å²) in [4.78, 5) is 22.0. The Bertz CT molecular complexity index is 768. The lowest BCUT2D eigenvalue weighted by molar-refractivity contribution is -0.138. The standard InChI is InChI=1S/C15H9F3O5/c16-15(17,18)10-3-1-2-4-12(10)23-11-6-5-8(13(19)20)7-9(11)14(21)22/h1-7H,(H,19,20)(H,21,22). The quantitative estimate of drug-likeness (QED) is 0.890. The Morgan fingerprint density at radius 2 is 1.57 bits per heavy atom. The number of para-hydroxylation sites is 1. The highest BCUT2D eigenvalue weighted by Gasteiger charge is 2.34. The second-order valence-corrected chi connectivity index (χ2v) is 4.42. The van der Waals surface area contributed by atoms with Gasteiger partial charge >= 0.3 is 18.1 Å². The molecule has 2 rings (SSSR count). The normalized spacial score (nSPS) is 11.1. The third kappa shape index (κ3) is 3.60. The minimum Gasteiger partial charge on any atom is -0.478 e. The van der Waals surface area contributed by atoms with E-state index >= 15 is 0 Å². The molecule has 0 aromatic heterocycles. The van der Waals surface area contributed by atoms with Gasteiger partial charge in [-0.25, -0.2) is 9.59 Å². The van der Waals surface area contributed by atoms with E-state index in [2.05, 4.69) is 0 Å². The van der Waals surface area contributed by atoms with Gasteiger partial charge in [0.2, 0.25) is 0 Å². The lowest BCUT2D eigenvalue weighted by Crippen LogP contribution is -2.08. The van der Waals surface area contributed by atoms with Crippen molar-refractivity contribution in [2.45, 2.75) is 6.18 Å². The molecule has 0 aliphatic carbocycles. The van der Waals surface area contributed by atoms with E-state index < -0.39 is 35.0 Å². The number of halogens is 3. The number of alkyl halides is 3. The van der Waals surface area contributed by atoms with Crippen molar-refractivity contribution in [3.8, 4) is 11.5 Å². The average Bonchev–Trinajstić information content (AvgIpc) is 2.46. The molecule has 0 bridgehead atoms. The number of benzene rings is 2. The Balaban J connectivity index is 2.49. The van der Waals surface area contributed by atoms with Crippen LogP contribution in [0.2, 0.25) is 0 Å². The van der Waals surface area contributed by atoms with Crippen LogP contribution >= 0.6 is 0 Å². The maximum atomic E-state index is 12.9. The summed E-state index contributed by atoms with van der Waals surface area (Å²) in [5, 5.41) is 17.9. The molecule has 0 saturated carbocycles. The van der Waals surface area contributed by atoms with Crippen molar-refractivity contribution in [1.29, 1.82) is 0 Å². The van der Waals surface area contributed by atoms with Gasteiger partial charge in [0.15, 0.2) is 0 Å². The molecular formula is C15H9F3O5. The highest BCUT2D eigenvalue weighted by Crippen LogP contribution is 2.38. The average molecular weight is 326 g/mol. The predicted molar refractivity (Wildman–Crippen MR) is 71.9 cm³/mol. The molecule has 0 heterocycles. The van der Waals surface area contributed by atoms with E-state index in [9.17, 15) is 22.8 Å². The summed E-state index contributed by atoms with van der Waals surface area (Å²) in [6.07, 6.45) is -4.68. The number of hydrogen-bond acceptors (Lipinski definition) is 3. The smallest absolute Gasteiger partial charge is 0.419 e. The van der Waals surface area contributed by atoms with Crippen LogP contribution in [0.1, 0.15) is 26.3 Å². The molecule has 0 saturated heterocycles. The minimum absolute atomic E-state index is 0.321. The lowest BCUT2D eigenvalue weighted by Gasteiger charge is -2.14. The maximum absolute atomic E-state index is 12.9. The van der Waals surface area contributed by atoms with Crippen LogP contribution in [0.5, 0.6) is 11.5 Å². The monoisotopic (exact) mass is 326 g/mol.